The van der Waals surface area contributed by atoms with E-state index in [1.54, 1.807) is 0 Å². The Hall–Kier alpha value is -5.68. The molecule has 0 bridgehead atoms. The van der Waals surface area contributed by atoms with E-state index in [-0.39, 0.29) is 18.1 Å². The van der Waals surface area contributed by atoms with Crippen molar-refractivity contribution in [2.45, 2.75) is 18.1 Å². The van der Waals surface area contributed by atoms with Gasteiger partial charge in [0.2, 0.25) is 0 Å². The van der Waals surface area contributed by atoms with Gasteiger partial charge >= 0.3 is 0 Å². The van der Waals surface area contributed by atoms with Crippen LogP contribution in [-0.4, -0.2) is 29.7 Å². The Bertz CT molecular complexity index is 2270. The Morgan fingerprint density at radius 1 is 0.689 bits per heavy atom. The molecule has 3 heterocycles. The molecule has 216 valence electrons. The Balaban J connectivity index is 1.17. The molecule has 0 saturated carbocycles. The van der Waals surface area contributed by atoms with Crippen LogP contribution < -0.4 is 15.5 Å². The molecule has 0 saturated heterocycles. The van der Waals surface area contributed by atoms with Crippen LogP contribution in [0.2, 0.25) is 0 Å². The average molecular weight is 583 g/mol. The highest BCUT2D eigenvalue weighted by atomic mass is 16.3. The van der Waals surface area contributed by atoms with Gasteiger partial charge in [0.1, 0.15) is 16.8 Å². The minimum atomic E-state index is -0.243. The lowest BCUT2D eigenvalue weighted by atomic mass is 9.90. The first-order valence-corrected chi connectivity index (χ1v) is 15.4. The van der Waals surface area contributed by atoms with Gasteiger partial charge in [0.25, 0.3) is 0 Å². The van der Waals surface area contributed by atoms with Crippen molar-refractivity contribution in [2.24, 2.45) is 9.98 Å². The molecular weight excluding hydrogens is 552 g/mol. The predicted molar refractivity (Wildman–Crippen MR) is 182 cm³/mol. The number of amidine groups is 2. The van der Waals surface area contributed by atoms with Gasteiger partial charge in [-0.1, -0.05) is 109 Å². The normalized spacial score (nSPS) is 20.0. The van der Waals surface area contributed by atoms with Crippen LogP contribution in [-0.2, 0) is 0 Å². The largest absolute Gasteiger partial charge is 0.456 e. The quantitative estimate of drug-likeness (QED) is 0.222. The van der Waals surface area contributed by atoms with Crippen LogP contribution in [0, 0.1) is 0 Å². The molecule has 3 unspecified atom stereocenters. The average Bonchev–Trinajstić information content (AvgIpc) is 3.63. The van der Waals surface area contributed by atoms with Gasteiger partial charge in [-0.2, -0.15) is 0 Å². The molecule has 0 fully saturated rings. The molecule has 3 aliphatic rings. The Morgan fingerprint density at radius 2 is 1.42 bits per heavy atom. The molecule has 5 nitrogen and oxygen atoms in total. The zero-order valence-corrected chi connectivity index (χ0v) is 24.8. The van der Waals surface area contributed by atoms with Crippen LogP contribution in [0.5, 0.6) is 0 Å². The first-order chi connectivity index (χ1) is 22.2. The third kappa shape index (κ3) is 4.15. The van der Waals surface area contributed by atoms with E-state index in [1.165, 1.54) is 16.5 Å². The summed E-state index contributed by atoms with van der Waals surface area (Å²) >= 11 is 0. The molecule has 6 aromatic rings. The number of rotatable bonds is 4. The molecular formula is C40H30N4O. The van der Waals surface area contributed by atoms with E-state index in [1.807, 2.05) is 30.3 Å². The molecule has 5 aromatic carbocycles. The highest BCUT2D eigenvalue weighted by Gasteiger charge is 2.39. The van der Waals surface area contributed by atoms with E-state index in [4.69, 9.17) is 14.4 Å². The fourth-order valence-electron chi connectivity index (χ4n) is 7.13. The second-order valence-electron chi connectivity index (χ2n) is 11.9. The molecule has 0 amide bonds. The number of benzene rings is 5. The smallest absolute Gasteiger partial charge is 0.159 e. The summed E-state index contributed by atoms with van der Waals surface area (Å²) in [6.45, 7) is 0. The minimum Gasteiger partial charge on any atom is -0.456 e. The Kier molecular flexibility index (Phi) is 5.85. The van der Waals surface area contributed by atoms with Crippen molar-refractivity contribution in [3.05, 3.63) is 166 Å². The Morgan fingerprint density at radius 3 is 2.27 bits per heavy atom. The number of furan rings is 1. The molecule has 45 heavy (non-hydrogen) atoms. The van der Waals surface area contributed by atoms with Gasteiger partial charge in [0, 0.05) is 46.1 Å². The molecule has 1 aliphatic carbocycles. The van der Waals surface area contributed by atoms with Gasteiger partial charge in [-0.15, -0.1) is 0 Å². The molecule has 2 aliphatic heterocycles. The van der Waals surface area contributed by atoms with Crippen LogP contribution in [0.4, 0.5) is 11.4 Å². The Labute approximate surface area is 261 Å². The van der Waals surface area contributed by atoms with E-state index in [0.717, 1.165) is 50.4 Å². The summed E-state index contributed by atoms with van der Waals surface area (Å²) < 4.78 is 6.32. The van der Waals surface area contributed by atoms with Crippen LogP contribution in [0.25, 0.3) is 23.1 Å². The minimum absolute atomic E-state index is 0.125. The predicted octanol–water partition coefficient (Wildman–Crippen LogP) is 7.15. The van der Waals surface area contributed by atoms with Gasteiger partial charge in [-0.05, 0) is 47.5 Å². The maximum atomic E-state index is 6.32. The van der Waals surface area contributed by atoms with Crippen molar-refractivity contribution < 1.29 is 4.42 Å². The van der Waals surface area contributed by atoms with Crippen LogP contribution >= 0.6 is 0 Å². The number of hydrogen-bond donors (Lipinski definition) is 0. The SMILES string of the molecule is CN1C(c2ccccc2)=NC(c2ccccc2)=NC1c1cccc(N2c3ccccc3C3C=c4oc5ccccc5c4=CC32)c1. The highest BCUT2D eigenvalue weighted by molar-refractivity contribution is 6.12. The molecule has 9 rings (SSSR count). The first kappa shape index (κ1) is 25.8. The summed E-state index contributed by atoms with van der Waals surface area (Å²) in [5, 5.41) is 2.33. The van der Waals surface area contributed by atoms with Crippen molar-refractivity contribution in [1.29, 1.82) is 0 Å². The van der Waals surface area contributed by atoms with E-state index in [0.29, 0.717) is 0 Å². The van der Waals surface area contributed by atoms with Gasteiger partial charge in [0.15, 0.2) is 12.0 Å². The van der Waals surface area contributed by atoms with Crippen molar-refractivity contribution in [3.8, 4) is 0 Å². The van der Waals surface area contributed by atoms with E-state index < -0.39 is 0 Å². The van der Waals surface area contributed by atoms with E-state index in [2.05, 4.69) is 132 Å². The molecule has 0 N–H and O–H groups in total. The lowest BCUT2D eigenvalue weighted by Gasteiger charge is -2.33. The number of fused-ring (bicyclic) bond motifs is 6. The summed E-state index contributed by atoms with van der Waals surface area (Å²) in [6.07, 6.45) is 4.47. The highest BCUT2D eigenvalue weighted by Crippen LogP contribution is 2.47. The van der Waals surface area contributed by atoms with Gasteiger partial charge < -0.3 is 14.2 Å². The second-order valence-corrected chi connectivity index (χ2v) is 11.9. The van der Waals surface area contributed by atoms with Gasteiger partial charge in [-0.25, -0.2) is 9.98 Å². The fourth-order valence-corrected chi connectivity index (χ4v) is 7.13. The van der Waals surface area contributed by atoms with Gasteiger partial charge in [-0.3, -0.25) is 0 Å². The van der Waals surface area contributed by atoms with Crippen molar-refractivity contribution >= 4 is 46.2 Å². The molecule has 1 aromatic heterocycles. The van der Waals surface area contributed by atoms with E-state index >= 15 is 0 Å². The number of aliphatic imine (C=N–C) groups is 2. The monoisotopic (exact) mass is 582 g/mol. The van der Waals surface area contributed by atoms with Crippen molar-refractivity contribution in [2.75, 3.05) is 11.9 Å². The maximum absolute atomic E-state index is 6.32. The van der Waals surface area contributed by atoms with Gasteiger partial charge in [0.05, 0.1) is 6.04 Å². The van der Waals surface area contributed by atoms with Crippen LogP contribution in [0.1, 0.15) is 34.3 Å². The number of anilines is 2. The lowest BCUT2D eigenvalue weighted by molar-refractivity contribution is 0.383. The first-order valence-electron chi connectivity index (χ1n) is 15.4. The summed E-state index contributed by atoms with van der Waals surface area (Å²) in [6, 6.07) is 46.7. The number of hydrogen-bond acceptors (Lipinski definition) is 5. The lowest BCUT2D eigenvalue weighted by Crippen LogP contribution is -2.37. The third-order valence-corrected chi connectivity index (χ3v) is 9.22. The molecule has 0 radical (unpaired) electrons. The van der Waals surface area contributed by atoms with Crippen molar-refractivity contribution in [3.63, 3.8) is 0 Å². The number of nitrogens with zero attached hydrogens (tertiary/aromatic N) is 4. The van der Waals surface area contributed by atoms with E-state index in [9.17, 15) is 0 Å². The zero-order valence-electron chi connectivity index (χ0n) is 24.8. The standard InChI is InChI=1S/C40H30N4O/c1-43-39(27-15-6-3-7-16-27)41-38(26-13-4-2-5-14-26)42-40(43)28-17-12-18-29(23-28)44-34-21-10-8-19-30(34)32-25-37-33(24-35(32)44)31-20-9-11-22-36(31)45-37/h2-25,32,35,40H,1H3. The molecule has 5 heteroatoms. The third-order valence-electron chi connectivity index (χ3n) is 9.22. The summed E-state index contributed by atoms with van der Waals surface area (Å²) in [5.74, 6) is 1.83. The maximum Gasteiger partial charge on any atom is 0.159 e. The van der Waals surface area contributed by atoms with Crippen LogP contribution in [0.15, 0.2) is 148 Å². The molecule has 0 spiro atoms. The second kappa shape index (κ2) is 10.2. The molecule has 3 atom stereocenters. The topological polar surface area (TPSA) is 44.3 Å². The number of para-hydroxylation sites is 2. The summed E-state index contributed by atoms with van der Waals surface area (Å²) in [7, 11) is 2.09. The summed E-state index contributed by atoms with van der Waals surface area (Å²) in [5.41, 5.74) is 8.76. The summed E-state index contributed by atoms with van der Waals surface area (Å²) in [4.78, 5) is 15.0. The zero-order chi connectivity index (χ0) is 29.9. The van der Waals surface area contributed by atoms with Crippen molar-refractivity contribution in [1.82, 2.24) is 4.90 Å². The fraction of sp³-hybridized carbons (Fsp3) is 0.100. The van der Waals surface area contributed by atoms with Crippen LogP contribution in [0.3, 0.4) is 0 Å².